The number of nitrogens with two attached hydrogens (primary N) is 1. The minimum absolute atomic E-state index is 0.260. The molecule has 0 bridgehead atoms. The van der Waals surface area contributed by atoms with Crippen molar-refractivity contribution < 1.29 is 43.2 Å². The minimum atomic E-state index is -1.15. The molecule has 14 aromatic rings. The number of aromatic nitrogens is 7. The summed E-state index contributed by atoms with van der Waals surface area (Å²) in [5.74, 6) is 0.212. The first-order chi connectivity index (χ1) is 60.7. The monoisotopic (exact) mass is 1840 g/mol. The van der Waals surface area contributed by atoms with Gasteiger partial charge in [-0.05, 0) is 313 Å². The van der Waals surface area contributed by atoms with Crippen molar-refractivity contribution in [1.82, 2.24) is 48.8 Å². The Morgan fingerprint density at radius 1 is 0.445 bits per heavy atom. The molecule has 17 rings (SSSR count). The number of thiazole rings is 3. The summed E-state index contributed by atoms with van der Waals surface area (Å²) >= 11 is 23.6. The number of rotatable bonds is 21. The maximum atomic E-state index is 13.5. The summed E-state index contributed by atoms with van der Waals surface area (Å²) in [6.07, 6.45) is 0.313. The Morgan fingerprint density at radius 2 is 0.773 bits per heavy atom. The zero-order valence-corrected chi connectivity index (χ0v) is 80.9. The topological polar surface area (TPSA) is 240 Å². The van der Waals surface area contributed by atoms with E-state index in [2.05, 4.69) is 113 Å². The van der Waals surface area contributed by atoms with Gasteiger partial charge in [0, 0.05) is 103 Å². The van der Waals surface area contributed by atoms with E-state index in [1.165, 1.54) is 0 Å². The lowest BCUT2D eigenvalue weighted by Gasteiger charge is -2.29. The normalized spacial score (nSPS) is 16.8. The highest BCUT2D eigenvalue weighted by Crippen LogP contribution is 2.50. The standard InChI is InChI=1S/C35H39ClN4O3S.C33H35ClN4O3S.C33H39ClN4O3S/c1-8-42-34(41)31(43-35(4,5)6)29-20(2)17-27-32(30(29)22-9-12-24(36)13-10-22)44-33(38-27)23-11-14-26-28(18-23)40(21(3)37-26)25-15-16-39(7)19-25;1-18-15-25-30(28(20-7-10-22(34)11-8-20)27(18)29(32(39)40)41-33(3,4)5)42-31(36-25)21-9-12-24-26(16-21)38(19(2)35-24)23-13-14-37(6)17-23;1-7-40-32(39)29(41-33(3,4)5)27-19(2)16-26-30(28(27)20-8-11-22(34)12-9-20)42-31(37-26)21-10-13-24(35)25(17-21)36-23-14-15-38(6)18-23/h9-14,17-18,25,31H,8,15-16,19H2,1-7H3;7-12,15-16,23,29H,13-14,17H2,1-6H3,(H,39,40);8-13,16-17,23,29,36H,7,14-15,18,35H2,1-6H3/t25?,31-;23?,29-;23-,29-/m000/s1. The minimum Gasteiger partial charge on any atom is -0.479 e. The Balaban J connectivity index is 0.000000148. The quantitative estimate of drug-likeness (QED) is 0.0447. The SMILES string of the molecule is CCOC(=O)[C@@H](OC(C)(C)C)c1c(C)cc2nc(-c3ccc(N)c(N[C@H]4CCN(C)C4)c3)sc2c1-c1ccc(Cl)cc1.CCOC(=O)[C@@H](OC(C)(C)C)c1c(C)cc2nc(-c3ccc4nc(C)n(C5CCN(C)C5)c4c3)sc2c1-c1ccc(Cl)cc1.Cc1cc2nc(-c3ccc4nc(C)n(C5CCN(C)C5)c4c3)sc2c(-c2ccc(Cl)cc2)c1[C@H](OC(C)(C)C)C(=O)O. The van der Waals surface area contributed by atoms with Crippen LogP contribution < -0.4 is 11.1 Å². The number of likely N-dealkylation sites (N-methyl/N-ethyl adjacent to an activating group) is 3. The average molecular weight is 1840 g/mol. The number of benzene rings is 9. The second-order valence-electron chi connectivity index (χ2n) is 36.8. The molecule has 3 aliphatic rings. The van der Waals surface area contributed by atoms with Crippen LogP contribution in [-0.4, -0.2) is 168 Å². The second kappa shape index (κ2) is 38.0. The van der Waals surface area contributed by atoms with Crippen LogP contribution in [0, 0.1) is 34.6 Å². The van der Waals surface area contributed by atoms with E-state index < -0.39 is 53.0 Å². The summed E-state index contributed by atoms with van der Waals surface area (Å²) in [6.45, 7) is 37.8. The number of nitrogen functional groups attached to an aromatic ring is 1. The van der Waals surface area contributed by atoms with Crippen LogP contribution in [0.15, 0.2) is 146 Å². The number of aliphatic carboxylic acids is 1. The third-order valence-electron chi connectivity index (χ3n) is 23.3. The van der Waals surface area contributed by atoms with Gasteiger partial charge in [0.25, 0.3) is 0 Å². The molecule has 27 heteroatoms. The molecule has 0 saturated carbocycles. The van der Waals surface area contributed by atoms with Gasteiger partial charge >= 0.3 is 17.9 Å². The van der Waals surface area contributed by atoms with Gasteiger partial charge < -0.3 is 63.7 Å². The zero-order chi connectivity index (χ0) is 91.4. The van der Waals surface area contributed by atoms with Crippen molar-refractivity contribution in [1.29, 1.82) is 0 Å². The van der Waals surface area contributed by atoms with Crippen LogP contribution in [0.5, 0.6) is 0 Å². The van der Waals surface area contributed by atoms with Gasteiger partial charge in [-0.2, -0.15) is 0 Å². The number of carbonyl (C=O) groups excluding carboxylic acids is 2. The zero-order valence-electron chi connectivity index (χ0n) is 76.2. The van der Waals surface area contributed by atoms with Crippen molar-refractivity contribution in [2.24, 2.45) is 0 Å². The molecule has 128 heavy (non-hydrogen) atoms. The summed E-state index contributed by atoms with van der Waals surface area (Å²) in [5.41, 5.74) is 26.2. The molecule has 21 nitrogen and oxygen atoms in total. The van der Waals surface area contributed by atoms with E-state index in [-0.39, 0.29) is 13.2 Å². The highest BCUT2D eigenvalue weighted by Gasteiger charge is 2.39. The predicted octanol–water partition coefficient (Wildman–Crippen LogP) is 24.3. The van der Waals surface area contributed by atoms with Crippen molar-refractivity contribution in [3.63, 3.8) is 0 Å². The Hall–Kier alpha value is -9.77. The number of imidazole rings is 2. The third kappa shape index (κ3) is 20.4. The van der Waals surface area contributed by atoms with E-state index in [0.29, 0.717) is 44.4 Å². The van der Waals surface area contributed by atoms with Gasteiger partial charge in [0.05, 0.1) is 94.1 Å². The smallest absolute Gasteiger partial charge is 0.339 e. The Bertz CT molecular complexity index is 6500. The number of carboxylic acids is 1. The van der Waals surface area contributed by atoms with Gasteiger partial charge in [0.15, 0.2) is 18.3 Å². The number of likely N-dealkylation sites (tertiary alicyclic amines) is 3. The van der Waals surface area contributed by atoms with Crippen molar-refractivity contribution in [3.8, 4) is 65.1 Å². The van der Waals surface area contributed by atoms with Crippen LogP contribution in [0.1, 0.15) is 171 Å². The average Bonchev–Trinajstić information content (AvgIpc) is 1.42. The largest absolute Gasteiger partial charge is 0.479 e. The number of hydrogen-bond acceptors (Lipinski definition) is 21. The molecule has 0 spiro atoms. The molecule has 3 aliphatic heterocycles. The number of carbonyl (C=O) groups is 3. The maximum absolute atomic E-state index is 13.5. The molecule has 6 atom stereocenters. The van der Waals surface area contributed by atoms with Crippen molar-refractivity contribution >= 4 is 151 Å². The number of aryl methyl sites for hydroxylation is 5. The molecule has 4 N–H and O–H groups in total. The van der Waals surface area contributed by atoms with E-state index >= 15 is 0 Å². The summed E-state index contributed by atoms with van der Waals surface area (Å²) in [7, 11) is 6.47. The molecule has 0 aliphatic carbocycles. The molecule has 0 radical (unpaired) electrons. The van der Waals surface area contributed by atoms with Crippen LogP contribution in [-0.2, 0) is 38.1 Å². The van der Waals surface area contributed by atoms with Crippen LogP contribution in [0.4, 0.5) is 11.4 Å². The number of hydrogen-bond donors (Lipinski definition) is 3. The van der Waals surface area contributed by atoms with Crippen molar-refractivity contribution in [2.75, 3.05) is 84.7 Å². The van der Waals surface area contributed by atoms with Crippen LogP contribution in [0.2, 0.25) is 15.1 Å². The van der Waals surface area contributed by atoms with E-state index in [1.807, 2.05) is 187 Å². The van der Waals surface area contributed by atoms with Gasteiger partial charge in [-0.25, -0.2) is 39.3 Å². The molecule has 3 saturated heterocycles. The van der Waals surface area contributed by atoms with Gasteiger partial charge in [-0.1, -0.05) is 71.2 Å². The van der Waals surface area contributed by atoms with E-state index in [1.54, 1.807) is 40.9 Å². The maximum Gasteiger partial charge on any atom is 0.339 e. The molecule has 8 heterocycles. The number of esters is 2. The molecule has 3 fully saturated rings. The molecular weight excluding hydrogens is 1730 g/mol. The Morgan fingerprint density at radius 3 is 1.10 bits per heavy atom. The molecule has 670 valence electrons. The lowest BCUT2D eigenvalue weighted by atomic mass is 9.91. The number of fused-ring (bicyclic) bond motifs is 5. The molecule has 0 amide bonds. The fourth-order valence-electron chi connectivity index (χ4n) is 17.9. The number of anilines is 2. The fraction of sp³-hybridized carbons (Fsp3) is 0.386. The number of nitrogens with one attached hydrogen (secondary N) is 1. The highest BCUT2D eigenvalue weighted by atomic mass is 35.5. The lowest BCUT2D eigenvalue weighted by Crippen LogP contribution is -2.29. The Kier molecular flexibility index (Phi) is 27.6. The van der Waals surface area contributed by atoms with Gasteiger partial charge in [-0.3, -0.25) is 0 Å². The van der Waals surface area contributed by atoms with Crippen molar-refractivity contribution in [2.45, 2.75) is 183 Å². The first kappa shape index (κ1) is 92.9. The summed E-state index contributed by atoms with van der Waals surface area (Å²) in [4.78, 5) is 71.6. The fourth-order valence-corrected chi connectivity index (χ4v) is 21.6. The first-order valence-corrected chi connectivity index (χ1v) is 47.2. The number of nitrogens with zero attached hydrogens (tertiary/aromatic N) is 10. The van der Waals surface area contributed by atoms with Gasteiger partial charge in [0.2, 0.25) is 0 Å². The number of carboxylic acid groups (broad SMARTS) is 1. The first-order valence-electron chi connectivity index (χ1n) is 43.7. The molecule has 2 unspecified atom stereocenters. The molecule has 9 aromatic carbocycles. The summed E-state index contributed by atoms with van der Waals surface area (Å²) in [6, 6.07) is 49.0. The van der Waals surface area contributed by atoms with E-state index in [9.17, 15) is 19.5 Å². The number of ether oxygens (including phenoxy) is 5. The summed E-state index contributed by atoms with van der Waals surface area (Å²) < 4.78 is 37.7. The second-order valence-corrected chi connectivity index (χ2v) is 41.1. The Labute approximate surface area is 775 Å². The van der Waals surface area contributed by atoms with Crippen LogP contribution in [0.3, 0.4) is 0 Å². The van der Waals surface area contributed by atoms with Crippen molar-refractivity contribution in [3.05, 3.63) is 206 Å². The third-order valence-corrected chi connectivity index (χ3v) is 27.5. The van der Waals surface area contributed by atoms with E-state index in [4.69, 9.17) is 89.1 Å². The van der Waals surface area contributed by atoms with Gasteiger partial charge in [0.1, 0.15) is 26.7 Å². The van der Waals surface area contributed by atoms with Gasteiger partial charge in [-0.15, -0.1) is 34.0 Å². The lowest BCUT2D eigenvalue weighted by molar-refractivity contribution is -0.167. The molecule has 5 aromatic heterocycles. The molecular formula is C101H113Cl3N12O9S3. The highest BCUT2D eigenvalue weighted by molar-refractivity contribution is 7.23. The predicted molar refractivity (Wildman–Crippen MR) is 525 cm³/mol. The van der Waals surface area contributed by atoms with E-state index in [0.717, 1.165) is 221 Å². The summed E-state index contributed by atoms with van der Waals surface area (Å²) in [5, 5.41) is 18.5. The van der Waals surface area contributed by atoms with Crippen LogP contribution in [0.25, 0.3) is 118 Å². The number of halogens is 3. The van der Waals surface area contributed by atoms with Crippen LogP contribution >= 0.6 is 68.8 Å².